The fraction of sp³-hybridized carbons (Fsp3) is 0.385. The fourth-order valence-electron chi connectivity index (χ4n) is 3.60. The molecule has 7 nitrogen and oxygen atoms in total. The van der Waals surface area contributed by atoms with Gasteiger partial charge in [-0.3, -0.25) is 19.7 Å². The predicted octanol–water partition coefficient (Wildman–Crippen LogP) is 1.08. The molecule has 0 amide bonds. The van der Waals surface area contributed by atoms with Crippen LogP contribution in [0.15, 0.2) is 18.2 Å². The lowest BCUT2D eigenvalue weighted by atomic mass is 9.66. The Balaban J connectivity index is 1.96. The maximum absolute atomic E-state index is 11.8. The Morgan fingerprint density at radius 3 is 2.70 bits per heavy atom. The molecule has 1 aromatic rings. The molecule has 2 bridgehead atoms. The lowest BCUT2D eigenvalue weighted by Gasteiger charge is -2.42. The van der Waals surface area contributed by atoms with Crippen molar-refractivity contribution in [1.82, 2.24) is 0 Å². The zero-order valence-electron chi connectivity index (χ0n) is 10.1. The lowest BCUT2D eigenvalue weighted by molar-refractivity contribution is -0.386. The summed E-state index contributed by atoms with van der Waals surface area (Å²) in [5, 5.41) is 11.2. The van der Waals surface area contributed by atoms with Crippen LogP contribution >= 0.6 is 0 Å². The summed E-state index contributed by atoms with van der Waals surface area (Å²) in [6, 6.07) is 4.69. The van der Waals surface area contributed by atoms with E-state index in [-0.39, 0.29) is 12.3 Å². The molecule has 2 fully saturated rings. The third-order valence-corrected chi connectivity index (χ3v) is 4.34. The minimum atomic E-state index is -0.671. The second kappa shape index (κ2) is 3.63. The highest BCUT2D eigenvalue weighted by molar-refractivity contribution is 5.98. The van der Waals surface area contributed by atoms with Crippen molar-refractivity contribution in [3.63, 3.8) is 0 Å². The number of esters is 2. The average molecular weight is 275 g/mol. The Bertz CT molecular complexity index is 669. The van der Waals surface area contributed by atoms with E-state index in [0.717, 1.165) is 0 Å². The Morgan fingerprint density at radius 1 is 1.20 bits per heavy atom. The van der Waals surface area contributed by atoms with Crippen molar-refractivity contribution in [3.8, 4) is 0 Å². The number of carbonyl (C=O) groups excluding carboxylic acids is 2. The molecule has 0 radical (unpaired) electrons. The minimum absolute atomic E-state index is 0.0219. The van der Waals surface area contributed by atoms with Gasteiger partial charge in [-0.2, -0.15) is 0 Å². The van der Waals surface area contributed by atoms with E-state index in [0.29, 0.717) is 11.1 Å². The van der Waals surface area contributed by atoms with Crippen molar-refractivity contribution < 1.29 is 24.0 Å². The maximum Gasteiger partial charge on any atom is 0.320 e. The summed E-state index contributed by atoms with van der Waals surface area (Å²) in [4.78, 5) is 34.3. The Labute approximate surface area is 112 Å². The highest BCUT2D eigenvalue weighted by Gasteiger charge is 2.61. The van der Waals surface area contributed by atoms with E-state index in [1.807, 2.05) is 0 Å². The van der Waals surface area contributed by atoms with Gasteiger partial charge in [-0.15, -0.1) is 0 Å². The third-order valence-electron chi connectivity index (χ3n) is 4.34. The van der Waals surface area contributed by atoms with Crippen molar-refractivity contribution in [2.45, 2.75) is 12.0 Å². The second-order valence-corrected chi connectivity index (χ2v) is 5.19. The number of carbonyl (C=O) groups is 2. The first-order chi connectivity index (χ1) is 9.59. The van der Waals surface area contributed by atoms with Gasteiger partial charge in [0.1, 0.15) is 5.92 Å². The van der Waals surface area contributed by atoms with E-state index >= 15 is 0 Å². The number of benzene rings is 1. The van der Waals surface area contributed by atoms with Gasteiger partial charge in [0.25, 0.3) is 5.69 Å². The summed E-state index contributed by atoms with van der Waals surface area (Å²) in [5.74, 6) is -3.00. The number of nitrogens with zero attached hydrogens (tertiary/aromatic N) is 1. The molecule has 3 aliphatic heterocycles. The smallest absolute Gasteiger partial charge is 0.320 e. The zero-order chi connectivity index (χ0) is 14.0. The van der Waals surface area contributed by atoms with Gasteiger partial charge >= 0.3 is 11.9 Å². The standard InChI is InChI=1S/C13H9NO6/c15-12-9-6-4-19-11(10(9)13(16)20-12)5-2-1-3-7(8(5)6)14(17)18/h1-3,6,9-11H,4H2/t6-,9+,10+,11-/m0/s1. The Kier molecular flexibility index (Phi) is 2.10. The molecular weight excluding hydrogens is 266 g/mol. The molecule has 3 heterocycles. The number of hydrogen-bond acceptors (Lipinski definition) is 6. The summed E-state index contributed by atoms with van der Waals surface area (Å²) < 4.78 is 10.3. The summed E-state index contributed by atoms with van der Waals surface area (Å²) >= 11 is 0. The van der Waals surface area contributed by atoms with Crippen molar-refractivity contribution in [2.75, 3.05) is 6.61 Å². The van der Waals surface area contributed by atoms with E-state index in [2.05, 4.69) is 0 Å². The van der Waals surface area contributed by atoms with Gasteiger partial charge in [0.2, 0.25) is 0 Å². The molecular formula is C13H9NO6. The summed E-state index contributed by atoms with van der Waals surface area (Å²) in [7, 11) is 0. The number of nitro benzene ring substituents is 1. The van der Waals surface area contributed by atoms with Gasteiger partial charge in [0.15, 0.2) is 0 Å². The van der Waals surface area contributed by atoms with Crippen molar-refractivity contribution in [3.05, 3.63) is 39.4 Å². The topological polar surface area (TPSA) is 95.7 Å². The molecule has 7 heteroatoms. The number of hydrogen-bond donors (Lipinski definition) is 0. The van der Waals surface area contributed by atoms with Crippen LogP contribution in [0.5, 0.6) is 0 Å². The highest BCUT2D eigenvalue weighted by atomic mass is 16.6. The fourth-order valence-corrected chi connectivity index (χ4v) is 3.60. The number of fused-ring (bicyclic) bond motifs is 1. The number of ether oxygens (including phenoxy) is 2. The number of rotatable bonds is 1. The normalized spacial score (nSPS) is 33.6. The van der Waals surface area contributed by atoms with Crippen LogP contribution in [-0.4, -0.2) is 23.5 Å². The zero-order valence-corrected chi connectivity index (χ0v) is 10.1. The summed E-state index contributed by atoms with van der Waals surface area (Å²) in [6.45, 7) is 0.200. The first kappa shape index (κ1) is 11.5. The maximum atomic E-state index is 11.8. The third kappa shape index (κ3) is 1.23. The molecule has 1 aromatic carbocycles. The molecule has 0 spiro atoms. The summed E-state index contributed by atoms with van der Waals surface area (Å²) in [6.07, 6.45) is -0.626. The predicted molar refractivity (Wildman–Crippen MR) is 62.6 cm³/mol. The van der Waals surface area contributed by atoms with Gasteiger partial charge in [-0.1, -0.05) is 12.1 Å². The molecule has 4 atom stereocenters. The first-order valence-corrected chi connectivity index (χ1v) is 6.24. The SMILES string of the molecule is O=C1OC(=O)[C@H]2[C@@H]1[C@H]1OC[C@H]2c2c1cccc2[N+](=O)[O-]. The molecule has 2 saturated heterocycles. The van der Waals surface area contributed by atoms with Crippen LogP contribution in [0.2, 0.25) is 0 Å². The van der Waals surface area contributed by atoms with Crippen LogP contribution in [-0.2, 0) is 19.1 Å². The minimum Gasteiger partial charge on any atom is -0.393 e. The van der Waals surface area contributed by atoms with Crippen LogP contribution in [0.4, 0.5) is 5.69 Å². The van der Waals surface area contributed by atoms with Gasteiger partial charge in [0.05, 0.1) is 23.6 Å². The molecule has 5 rings (SSSR count). The van der Waals surface area contributed by atoms with Crippen LogP contribution in [0.3, 0.4) is 0 Å². The molecule has 1 aliphatic carbocycles. The van der Waals surface area contributed by atoms with Crippen molar-refractivity contribution in [1.29, 1.82) is 0 Å². The second-order valence-electron chi connectivity index (χ2n) is 5.19. The van der Waals surface area contributed by atoms with Crippen molar-refractivity contribution >= 4 is 17.6 Å². The first-order valence-electron chi connectivity index (χ1n) is 6.24. The molecule has 20 heavy (non-hydrogen) atoms. The average Bonchev–Trinajstić information content (AvgIpc) is 2.76. The molecule has 0 unspecified atom stereocenters. The Morgan fingerprint density at radius 2 is 1.95 bits per heavy atom. The van der Waals surface area contributed by atoms with Gasteiger partial charge in [0, 0.05) is 17.5 Å². The van der Waals surface area contributed by atoms with Crippen LogP contribution in [0.25, 0.3) is 0 Å². The van der Waals surface area contributed by atoms with Crippen LogP contribution in [0.1, 0.15) is 23.1 Å². The molecule has 0 saturated carbocycles. The molecule has 4 aliphatic rings. The molecule has 102 valence electrons. The largest absolute Gasteiger partial charge is 0.393 e. The van der Waals surface area contributed by atoms with E-state index in [1.165, 1.54) is 6.07 Å². The van der Waals surface area contributed by atoms with Gasteiger partial charge in [-0.25, -0.2) is 0 Å². The highest BCUT2D eigenvalue weighted by Crippen LogP contribution is 2.56. The molecule has 0 N–H and O–H groups in total. The van der Waals surface area contributed by atoms with Crippen molar-refractivity contribution in [2.24, 2.45) is 11.8 Å². The van der Waals surface area contributed by atoms with Gasteiger partial charge in [-0.05, 0) is 5.56 Å². The monoisotopic (exact) mass is 275 g/mol. The lowest BCUT2D eigenvalue weighted by Crippen LogP contribution is -2.44. The van der Waals surface area contributed by atoms with E-state index < -0.39 is 40.7 Å². The number of nitro groups is 1. The van der Waals surface area contributed by atoms with Gasteiger partial charge < -0.3 is 9.47 Å². The van der Waals surface area contributed by atoms with Crippen LogP contribution < -0.4 is 0 Å². The Hall–Kier alpha value is -2.28. The quantitative estimate of drug-likeness (QED) is 0.329. The number of cyclic esters (lactones) is 2. The van der Waals surface area contributed by atoms with Crippen LogP contribution in [0, 0.1) is 22.0 Å². The molecule has 0 aromatic heterocycles. The summed E-state index contributed by atoms with van der Waals surface area (Å²) in [5.41, 5.74) is 1.12. The van der Waals surface area contributed by atoms with E-state index in [1.54, 1.807) is 12.1 Å². The van der Waals surface area contributed by atoms with E-state index in [4.69, 9.17) is 9.47 Å². The van der Waals surface area contributed by atoms with E-state index in [9.17, 15) is 19.7 Å².